The van der Waals surface area contributed by atoms with Crippen LogP contribution in [0.25, 0.3) is 16.9 Å². The summed E-state index contributed by atoms with van der Waals surface area (Å²) in [5, 5.41) is 10.4. The summed E-state index contributed by atoms with van der Waals surface area (Å²) >= 11 is 0. The summed E-state index contributed by atoms with van der Waals surface area (Å²) in [6.45, 7) is 1.99. The van der Waals surface area contributed by atoms with Crippen LogP contribution in [-0.2, 0) is 0 Å². The number of hydrogen-bond acceptors (Lipinski definition) is 4. The summed E-state index contributed by atoms with van der Waals surface area (Å²) in [5.41, 5.74) is 4.84. The molecule has 0 aliphatic rings. The second-order valence-electron chi connectivity index (χ2n) is 7.95. The standard InChI is InChI=1S/C28H22N4O3/c1-19-9-5-6-14-23(19)26-24(18-32(31-26)22-12-3-2-4-13-22)27(33)29-20-10-7-11-21(17-20)30-28(34)25-15-8-16-35-25/h2-18H,1H3,(H,29,33)(H,30,34). The van der Waals surface area contributed by atoms with Gasteiger partial charge in [0, 0.05) is 23.1 Å². The van der Waals surface area contributed by atoms with Crippen LogP contribution in [-0.4, -0.2) is 21.6 Å². The minimum absolute atomic E-state index is 0.204. The minimum Gasteiger partial charge on any atom is -0.459 e. The van der Waals surface area contributed by atoms with E-state index in [4.69, 9.17) is 9.52 Å². The summed E-state index contributed by atoms with van der Waals surface area (Å²) in [5.74, 6) is -0.472. The van der Waals surface area contributed by atoms with Gasteiger partial charge in [-0.25, -0.2) is 4.68 Å². The molecule has 172 valence electrons. The topological polar surface area (TPSA) is 89.2 Å². The summed E-state index contributed by atoms with van der Waals surface area (Å²) in [6, 6.07) is 27.6. The Labute approximate surface area is 202 Å². The number of nitrogens with one attached hydrogen (secondary N) is 2. The van der Waals surface area contributed by atoms with Gasteiger partial charge in [-0.2, -0.15) is 5.10 Å². The molecule has 2 heterocycles. The van der Waals surface area contributed by atoms with Crippen LogP contribution >= 0.6 is 0 Å². The molecule has 0 atom stereocenters. The molecule has 7 heteroatoms. The van der Waals surface area contributed by atoms with Crippen LogP contribution in [0.1, 0.15) is 26.5 Å². The first kappa shape index (κ1) is 21.9. The lowest BCUT2D eigenvalue weighted by atomic mass is 10.0. The zero-order valence-electron chi connectivity index (χ0n) is 18.9. The van der Waals surface area contributed by atoms with Crippen molar-refractivity contribution in [3.63, 3.8) is 0 Å². The molecule has 0 spiro atoms. The maximum atomic E-state index is 13.4. The van der Waals surface area contributed by atoms with Crippen LogP contribution in [0, 0.1) is 6.92 Å². The lowest BCUT2D eigenvalue weighted by molar-refractivity contribution is 0.0995. The van der Waals surface area contributed by atoms with Crippen molar-refractivity contribution in [2.45, 2.75) is 6.92 Å². The van der Waals surface area contributed by atoms with E-state index in [0.717, 1.165) is 16.8 Å². The molecular weight excluding hydrogens is 440 g/mol. The van der Waals surface area contributed by atoms with Crippen LogP contribution in [0.2, 0.25) is 0 Å². The number of hydrogen-bond donors (Lipinski definition) is 2. The largest absolute Gasteiger partial charge is 0.459 e. The first-order valence-corrected chi connectivity index (χ1v) is 11.1. The van der Waals surface area contributed by atoms with E-state index >= 15 is 0 Å². The lowest BCUT2D eigenvalue weighted by Gasteiger charge is -2.09. The van der Waals surface area contributed by atoms with Crippen molar-refractivity contribution in [3.8, 4) is 16.9 Å². The van der Waals surface area contributed by atoms with Crippen molar-refractivity contribution in [1.82, 2.24) is 9.78 Å². The highest BCUT2D eigenvalue weighted by molar-refractivity contribution is 6.09. The highest BCUT2D eigenvalue weighted by Gasteiger charge is 2.20. The van der Waals surface area contributed by atoms with Gasteiger partial charge in [-0.05, 0) is 55.0 Å². The van der Waals surface area contributed by atoms with E-state index in [2.05, 4.69) is 10.6 Å². The first-order chi connectivity index (χ1) is 17.1. The van der Waals surface area contributed by atoms with Gasteiger partial charge in [0.1, 0.15) is 5.69 Å². The number of carbonyl (C=O) groups excluding carboxylic acids is 2. The molecular formula is C28H22N4O3. The molecule has 2 aromatic heterocycles. The third-order valence-corrected chi connectivity index (χ3v) is 5.50. The van der Waals surface area contributed by atoms with Gasteiger partial charge < -0.3 is 15.1 Å². The Balaban J connectivity index is 1.45. The van der Waals surface area contributed by atoms with Crippen LogP contribution in [0.15, 0.2) is 108 Å². The smallest absolute Gasteiger partial charge is 0.291 e. The number of benzene rings is 3. The van der Waals surface area contributed by atoms with Gasteiger partial charge in [0.15, 0.2) is 5.76 Å². The Morgan fingerprint density at radius 2 is 1.51 bits per heavy atom. The zero-order chi connectivity index (χ0) is 24.2. The third-order valence-electron chi connectivity index (χ3n) is 5.50. The maximum Gasteiger partial charge on any atom is 0.291 e. The van der Waals surface area contributed by atoms with E-state index in [9.17, 15) is 9.59 Å². The van der Waals surface area contributed by atoms with Gasteiger partial charge in [0.05, 0.1) is 17.5 Å². The van der Waals surface area contributed by atoms with Gasteiger partial charge in [0.2, 0.25) is 0 Å². The number of amides is 2. The molecule has 5 aromatic rings. The average Bonchev–Trinajstić information content (AvgIpc) is 3.56. The van der Waals surface area contributed by atoms with Crippen molar-refractivity contribution < 1.29 is 14.0 Å². The number of rotatable bonds is 6. The summed E-state index contributed by atoms with van der Waals surface area (Å²) in [4.78, 5) is 25.7. The van der Waals surface area contributed by atoms with Crippen molar-refractivity contribution in [3.05, 3.63) is 120 Å². The molecule has 2 amide bonds. The van der Waals surface area contributed by atoms with E-state index in [1.54, 1.807) is 47.3 Å². The van der Waals surface area contributed by atoms with Gasteiger partial charge in [-0.1, -0.05) is 48.5 Å². The SMILES string of the molecule is Cc1ccccc1-c1nn(-c2ccccc2)cc1C(=O)Nc1cccc(NC(=O)c2ccco2)c1. The number of aryl methyl sites for hydroxylation is 1. The van der Waals surface area contributed by atoms with Crippen molar-refractivity contribution in [2.75, 3.05) is 10.6 Å². The molecule has 0 aliphatic heterocycles. The molecule has 0 saturated carbocycles. The molecule has 5 rings (SSSR count). The second kappa shape index (κ2) is 9.52. The van der Waals surface area contributed by atoms with Gasteiger partial charge >= 0.3 is 0 Å². The highest BCUT2D eigenvalue weighted by Crippen LogP contribution is 2.28. The molecule has 0 aliphatic carbocycles. The molecule has 0 bridgehead atoms. The number of carbonyl (C=O) groups is 2. The average molecular weight is 463 g/mol. The van der Waals surface area contributed by atoms with E-state index in [1.165, 1.54) is 6.26 Å². The number of para-hydroxylation sites is 1. The monoisotopic (exact) mass is 462 g/mol. The van der Waals surface area contributed by atoms with Crippen LogP contribution in [0.3, 0.4) is 0 Å². The van der Waals surface area contributed by atoms with E-state index in [0.29, 0.717) is 22.6 Å². The normalized spacial score (nSPS) is 10.7. The van der Waals surface area contributed by atoms with Crippen molar-refractivity contribution in [2.24, 2.45) is 0 Å². The molecule has 7 nitrogen and oxygen atoms in total. The Hall–Kier alpha value is -4.91. The van der Waals surface area contributed by atoms with Gasteiger partial charge in [-0.3, -0.25) is 9.59 Å². The minimum atomic E-state index is -0.371. The van der Waals surface area contributed by atoms with Crippen LogP contribution in [0.4, 0.5) is 11.4 Å². The second-order valence-corrected chi connectivity index (χ2v) is 7.95. The summed E-state index contributed by atoms with van der Waals surface area (Å²) in [6.07, 6.45) is 3.17. The predicted molar refractivity (Wildman–Crippen MR) is 135 cm³/mol. The fraction of sp³-hybridized carbons (Fsp3) is 0.0357. The molecule has 0 radical (unpaired) electrons. The molecule has 0 saturated heterocycles. The van der Waals surface area contributed by atoms with Gasteiger partial charge in [-0.15, -0.1) is 0 Å². The van der Waals surface area contributed by atoms with Crippen LogP contribution in [0.5, 0.6) is 0 Å². The fourth-order valence-corrected chi connectivity index (χ4v) is 3.76. The Morgan fingerprint density at radius 3 is 2.23 bits per heavy atom. The Kier molecular flexibility index (Phi) is 5.96. The van der Waals surface area contributed by atoms with E-state index in [-0.39, 0.29) is 17.6 Å². The lowest BCUT2D eigenvalue weighted by Crippen LogP contribution is -2.14. The molecule has 0 fully saturated rings. The zero-order valence-corrected chi connectivity index (χ0v) is 18.9. The molecule has 35 heavy (non-hydrogen) atoms. The van der Waals surface area contributed by atoms with Crippen molar-refractivity contribution >= 4 is 23.2 Å². The highest BCUT2D eigenvalue weighted by atomic mass is 16.3. The number of anilines is 2. The Bertz CT molecular complexity index is 1490. The number of aromatic nitrogens is 2. The third kappa shape index (κ3) is 4.74. The number of furan rings is 1. The van der Waals surface area contributed by atoms with Crippen LogP contribution < -0.4 is 10.6 Å². The maximum absolute atomic E-state index is 13.4. The predicted octanol–water partition coefficient (Wildman–Crippen LogP) is 5.95. The molecule has 0 unspecified atom stereocenters. The molecule has 3 aromatic carbocycles. The van der Waals surface area contributed by atoms with E-state index in [1.807, 2.05) is 61.5 Å². The quantitative estimate of drug-likeness (QED) is 0.327. The van der Waals surface area contributed by atoms with E-state index < -0.39 is 0 Å². The van der Waals surface area contributed by atoms with Gasteiger partial charge in [0.25, 0.3) is 11.8 Å². The molecule has 2 N–H and O–H groups in total. The first-order valence-electron chi connectivity index (χ1n) is 11.1. The fourth-order valence-electron chi connectivity index (χ4n) is 3.76. The summed E-state index contributed by atoms with van der Waals surface area (Å²) in [7, 11) is 0. The number of nitrogens with zero attached hydrogens (tertiary/aromatic N) is 2. The summed E-state index contributed by atoms with van der Waals surface area (Å²) < 4.78 is 6.84. The van der Waals surface area contributed by atoms with Crippen molar-refractivity contribution in [1.29, 1.82) is 0 Å². The Morgan fingerprint density at radius 1 is 0.800 bits per heavy atom.